The normalized spacial score (nSPS) is 10.1. The van der Waals surface area contributed by atoms with Gasteiger partial charge in [0.05, 0.1) is 0 Å². The van der Waals surface area contributed by atoms with Gasteiger partial charge in [0.15, 0.2) is 0 Å². The second-order valence-corrected chi connectivity index (χ2v) is 3.96. The predicted octanol–water partition coefficient (Wildman–Crippen LogP) is 1.11. The minimum Gasteiger partial charge on any atom is -0.347 e. The first kappa shape index (κ1) is 13.0. The highest BCUT2D eigenvalue weighted by Crippen LogP contribution is 2.17. The van der Waals surface area contributed by atoms with Gasteiger partial charge in [0.2, 0.25) is 17.8 Å². The van der Waals surface area contributed by atoms with Crippen molar-refractivity contribution in [3.8, 4) is 0 Å². The molecule has 0 saturated carbocycles. The number of nitrogen functional groups attached to an aromatic ring is 1. The zero-order chi connectivity index (χ0) is 13.8. The summed E-state index contributed by atoms with van der Waals surface area (Å²) in [6.45, 7) is 0. The van der Waals surface area contributed by atoms with Crippen molar-refractivity contribution in [3.05, 3.63) is 30.1 Å². The molecule has 0 aliphatic carbocycles. The molecule has 0 atom stereocenters. The molecule has 2 aromatic rings. The highest BCUT2D eigenvalue weighted by molar-refractivity contribution is 5.55. The first-order valence-corrected chi connectivity index (χ1v) is 5.51. The van der Waals surface area contributed by atoms with Crippen LogP contribution in [0, 0.1) is 5.82 Å². The molecule has 0 unspecified atom stereocenters. The third-order valence-electron chi connectivity index (χ3n) is 2.23. The lowest BCUT2D eigenvalue weighted by Gasteiger charge is -2.13. The number of hydrogen-bond acceptors (Lipinski definition) is 7. The van der Waals surface area contributed by atoms with Gasteiger partial charge in [0.1, 0.15) is 5.82 Å². The topological polar surface area (TPSA) is 92.0 Å². The molecule has 0 aliphatic rings. The Morgan fingerprint density at radius 1 is 1.16 bits per heavy atom. The van der Waals surface area contributed by atoms with E-state index in [0.29, 0.717) is 11.6 Å². The van der Waals surface area contributed by atoms with Crippen LogP contribution in [0.5, 0.6) is 0 Å². The molecule has 0 bridgehead atoms. The Labute approximate surface area is 109 Å². The van der Waals surface area contributed by atoms with E-state index in [1.807, 2.05) is 0 Å². The Kier molecular flexibility index (Phi) is 3.71. The van der Waals surface area contributed by atoms with Crippen LogP contribution in [-0.4, -0.2) is 29.0 Å². The van der Waals surface area contributed by atoms with E-state index in [1.54, 1.807) is 31.1 Å². The molecule has 100 valence electrons. The van der Waals surface area contributed by atoms with Crippen molar-refractivity contribution in [1.82, 2.24) is 15.0 Å². The number of nitrogens with zero attached hydrogens (tertiary/aromatic N) is 4. The van der Waals surface area contributed by atoms with E-state index in [-0.39, 0.29) is 17.7 Å². The molecule has 0 amide bonds. The number of halogens is 1. The van der Waals surface area contributed by atoms with E-state index in [2.05, 4.69) is 25.7 Å². The van der Waals surface area contributed by atoms with Crippen LogP contribution in [0.2, 0.25) is 0 Å². The highest BCUT2D eigenvalue weighted by atomic mass is 19.1. The number of aromatic nitrogens is 3. The van der Waals surface area contributed by atoms with Gasteiger partial charge in [0.25, 0.3) is 0 Å². The number of nitrogens with one attached hydrogen (secondary N) is 2. The zero-order valence-electron chi connectivity index (χ0n) is 10.6. The van der Waals surface area contributed by atoms with E-state index in [1.165, 1.54) is 12.1 Å². The maximum atomic E-state index is 13.1. The summed E-state index contributed by atoms with van der Waals surface area (Å²) in [6.07, 6.45) is 0. The third kappa shape index (κ3) is 3.26. The SMILES string of the molecule is CN(C)c1nc(NN)nc(Nc2cccc(F)c2)n1. The number of nitrogens with two attached hydrogens (primary N) is 1. The summed E-state index contributed by atoms with van der Waals surface area (Å²) in [5.41, 5.74) is 2.90. The molecule has 0 aliphatic heterocycles. The smallest absolute Gasteiger partial charge is 0.243 e. The molecule has 2 rings (SSSR count). The van der Waals surface area contributed by atoms with Gasteiger partial charge in [-0.25, -0.2) is 10.2 Å². The van der Waals surface area contributed by atoms with Crippen LogP contribution in [0.15, 0.2) is 24.3 Å². The average molecular weight is 263 g/mol. The van der Waals surface area contributed by atoms with Gasteiger partial charge in [-0.3, -0.25) is 5.43 Å². The number of hydrazine groups is 1. The first-order valence-electron chi connectivity index (χ1n) is 5.51. The lowest BCUT2D eigenvalue weighted by Crippen LogP contribution is -2.18. The highest BCUT2D eigenvalue weighted by Gasteiger charge is 2.07. The maximum Gasteiger partial charge on any atom is 0.243 e. The average Bonchev–Trinajstić information content (AvgIpc) is 2.38. The molecule has 4 N–H and O–H groups in total. The fourth-order valence-electron chi connectivity index (χ4n) is 1.38. The van der Waals surface area contributed by atoms with Crippen molar-refractivity contribution in [2.75, 3.05) is 29.7 Å². The molecule has 0 saturated heterocycles. The first-order chi connectivity index (χ1) is 9.08. The fraction of sp³-hybridized carbons (Fsp3) is 0.182. The largest absolute Gasteiger partial charge is 0.347 e. The van der Waals surface area contributed by atoms with Gasteiger partial charge >= 0.3 is 0 Å². The second-order valence-electron chi connectivity index (χ2n) is 3.96. The molecular formula is C11H14FN7. The van der Waals surface area contributed by atoms with Crippen LogP contribution in [0.4, 0.5) is 27.9 Å². The van der Waals surface area contributed by atoms with Gasteiger partial charge in [-0.2, -0.15) is 15.0 Å². The molecule has 19 heavy (non-hydrogen) atoms. The third-order valence-corrected chi connectivity index (χ3v) is 2.23. The summed E-state index contributed by atoms with van der Waals surface area (Å²) in [4.78, 5) is 14.0. The molecule has 1 aromatic heterocycles. The van der Waals surface area contributed by atoms with Crippen LogP contribution in [-0.2, 0) is 0 Å². The summed E-state index contributed by atoms with van der Waals surface area (Å²) in [7, 11) is 3.59. The predicted molar refractivity (Wildman–Crippen MR) is 71.6 cm³/mol. The Bertz CT molecular complexity index is 573. The van der Waals surface area contributed by atoms with E-state index in [4.69, 9.17) is 5.84 Å². The fourth-order valence-corrected chi connectivity index (χ4v) is 1.38. The van der Waals surface area contributed by atoms with Crippen LogP contribution in [0.1, 0.15) is 0 Å². The van der Waals surface area contributed by atoms with Gasteiger partial charge in [-0.05, 0) is 18.2 Å². The summed E-state index contributed by atoms with van der Waals surface area (Å²) in [5, 5.41) is 2.89. The Morgan fingerprint density at radius 2 is 1.89 bits per heavy atom. The summed E-state index contributed by atoms with van der Waals surface area (Å²) in [5.74, 6) is 5.88. The molecule has 1 aromatic carbocycles. The van der Waals surface area contributed by atoms with Crippen LogP contribution < -0.4 is 21.5 Å². The van der Waals surface area contributed by atoms with E-state index < -0.39 is 0 Å². The lowest BCUT2D eigenvalue weighted by molar-refractivity contribution is 0.628. The van der Waals surface area contributed by atoms with Crippen molar-refractivity contribution in [2.24, 2.45) is 5.84 Å². The number of benzene rings is 1. The Balaban J connectivity index is 2.31. The minimum absolute atomic E-state index is 0.220. The number of anilines is 4. The molecule has 0 spiro atoms. The van der Waals surface area contributed by atoms with E-state index in [0.717, 1.165) is 0 Å². The van der Waals surface area contributed by atoms with Crippen molar-refractivity contribution in [2.45, 2.75) is 0 Å². The van der Waals surface area contributed by atoms with Gasteiger partial charge in [0, 0.05) is 19.8 Å². The molecule has 8 heteroatoms. The van der Waals surface area contributed by atoms with Gasteiger partial charge in [-0.15, -0.1) is 0 Å². The molecular weight excluding hydrogens is 249 g/mol. The summed E-state index contributed by atoms with van der Waals surface area (Å²) < 4.78 is 13.1. The summed E-state index contributed by atoms with van der Waals surface area (Å²) >= 11 is 0. The number of rotatable bonds is 4. The minimum atomic E-state index is -0.343. The van der Waals surface area contributed by atoms with Gasteiger partial charge in [-0.1, -0.05) is 6.07 Å². The van der Waals surface area contributed by atoms with Crippen molar-refractivity contribution in [1.29, 1.82) is 0 Å². The molecule has 0 fully saturated rings. The Hall–Kier alpha value is -2.48. The van der Waals surface area contributed by atoms with Crippen LogP contribution >= 0.6 is 0 Å². The standard InChI is InChI=1S/C11H14FN7/c1-19(2)11-16-9(15-10(17-11)18-13)14-8-5-3-4-7(12)6-8/h3-6H,13H2,1-2H3,(H2,14,15,16,17,18). The summed E-state index contributed by atoms with van der Waals surface area (Å²) in [6, 6.07) is 6.00. The van der Waals surface area contributed by atoms with Crippen molar-refractivity contribution >= 4 is 23.5 Å². The van der Waals surface area contributed by atoms with Crippen molar-refractivity contribution in [3.63, 3.8) is 0 Å². The molecule has 0 radical (unpaired) electrons. The lowest BCUT2D eigenvalue weighted by atomic mass is 10.3. The zero-order valence-corrected chi connectivity index (χ0v) is 10.6. The van der Waals surface area contributed by atoms with Crippen molar-refractivity contribution < 1.29 is 4.39 Å². The Morgan fingerprint density at radius 3 is 2.53 bits per heavy atom. The maximum absolute atomic E-state index is 13.1. The van der Waals surface area contributed by atoms with E-state index in [9.17, 15) is 4.39 Å². The van der Waals surface area contributed by atoms with Crippen LogP contribution in [0.3, 0.4) is 0 Å². The van der Waals surface area contributed by atoms with E-state index >= 15 is 0 Å². The van der Waals surface area contributed by atoms with Crippen LogP contribution in [0.25, 0.3) is 0 Å². The quantitative estimate of drug-likeness (QED) is 0.562. The monoisotopic (exact) mass is 263 g/mol. The van der Waals surface area contributed by atoms with Gasteiger partial charge < -0.3 is 10.2 Å². The second kappa shape index (κ2) is 5.44. The molecule has 1 heterocycles. The molecule has 7 nitrogen and oxygen atoms in total. The number of hydrogen-bond donors (Lipinski definition) is 3.